The third-order valence-corrected chi connectivity index (χ3v) is 3.32. The maximum atomic E-state index is 10.6. The fourth-order valence-corrected chi connectivity index (χ4v) is 2.34. The lowest BCUT2D eigenvalue weighted by molar-refractivity contribution is -0.295. The number of ether oxygens (including phenoxy) is 5. The van der Waals surface area contributed by atoms with Gasteiger partial charge < -0.3 is 23.7 Å². The molecule has 1 heterocycles. The summed E-state index contributed by atoms with van der Waals surface area (Å²) in [5, 5.41) is 0. The summed E-state index contributed by atoms with van der Waals surface area (Å²) in [5.41, 5.74) is 0.750. The predicted octanol–water partition coefficient (Wildman–Crippen LogP) is 0.548. The highest BCUT2D eigenvalue weighted by Gasteiger charge is 2.47. The van der Waals surface area contributed by atoms with E-state index in [1.807, 2.05) is 0 Å². The zero-order valence-corrected chi connectivity index (χ0v) is 12.0. The molecular formula is C13H22O6. The number of aldehydes is 1. The molecule has 5 atom stereocenters. The van der Waals surface area contributed by atoms with E-state index in [0.717, 1.165) is 11.9 Å². The summed E-state index contributed by atoms with van der Waals surface area (Å²) in [6.07, 6.45) is 0.0325. The van der Waals surface area contributed by atoms with Gasteiger partial charge in [-0.1, -0.05) is 0 Å². The van der Waals surface area contributed by atoms with Crippen molar-refractivity contribution in [3.8, 4) is 0 Å². The van der Waals surface area contributed by atoms with E-state index in [-0.39, 0.29) is 12.2 Å². The van der Waals surface area contributed by atoms with E-state index in [9.17, 15) is 4.79 Å². The van der Waals surface area contributed by atoms with Gasteiger partial charge >= 0.3 is 0 Å². The Kier molecular flexibility index (Phi) is 6.60. The van der Waals surface area contributed by atoms with E-state index < -0.39 is 18.5 Å². The summed E-state index contributed by atoms with van der Waals surface area (Å²) < 4.78 is 27.4. The minimum absolute atomic E-state index is 0.353. The molecule has 6 heteroatoms. The van der Waals surface area contributed by atoms with Crippen LogP contribution in [0.25, 0.3) is 0 Å². The van der Waals surface area contributed by atoms with Gasteiger partial charge in [-0.25, -0.2) is 0 Å². The Balaban J connectivity index is 3.05. The maximum Gasteiger partial charge on any atom is 0.186 e. The first kappa shape index (κ1) is 16.3. The Morgan fingerprint density at radius 3 is 1.95 bits per heavy atom. The molecule has 0 aliphatic carbocycles. The first-order valence-electron chi connectivity index (χ1n) is 6.03. The number of carbonyl (C=O) groups excluding carboxylic acids is 1. The van der Waals surface area contributed by atoms with E-state index in [2.05, 4.69) is 0 Å². The maximum absolute atomic E-state index is 10.6. The van der Waals surface area contributed by atoms with Crippen LogP contribution in [-0.4, -0.2) is 65.4 Å². The standard InChI is InChI=1S/C13H22O6/c1-8(6-7-14)9-10(15-2)11(16-3)12(17-4)13(18-5)19-9/h6-7,9-13H,1-5H3/b8-6+/t9-,10-,11+,12-,13-/m1/s1. The van der Waals surface area contributed by atoms with E-state index in [0.29, 0.717) is 0 Å². The zero-order valence-electron chi connectivity index (χ0n) is 12.0. The Morgan fingerprint density at radius 2 is 1.53 bits per heavy atom. The molecule has 1 aliphatic heterocycles. The average molecular weight is 274 g/mol. The smallest absolute Gasteiger partial charge is 0.186 e. The number of carbonyl (C=O) groups is 1. The Labute approximate surface area is 113 Å². The number of allylic oxidation sites excluding steroid dienone is 1. The Bertz CT molecular complexity index is 316. The monoisotopic (exact) mass is 274 g/mol. The molecule has 19 heavy (non-hydrogen) atoms. The summed E-state index contributed by atoms with van der Waals surface area (Å²) in [6.45, 7) is 1.80. The normalized spacial score (nSPS) is 36.3. The van der Waals surface area contributed by atoms with E-state index in [1.54, 1.807) is 28.3 Å². The molecule has 0 spiro atoms. The van der Waals surface area contributed by atoms with Crippen molar-refractivity contribution in [2.24, 2.45) is 0 Å². The molecule has 0 unspecified atom stereocenters. The van der Waals surface area contributed by atoms with Gasteiger partial charge in [-0.2, -0.15) is 0 Å². The average Bonchev–Trinajstić information content (AvgIpc) is 2.44. The van der Waals surface area contributed by atoms with Gasteiger partial charge in [0.25, 0.3) is 0 Å². The molecule has 1 fully saturated rings. The number of hydrogen-bond acceptors (Lipinski definition) is 6. The van der Waals surface area contributed by atoms with Crippen molar-refractivity contribution in [2.75, 3.05) is 28.4 Å². The summed E-state index contributed by atoms with van der Waals surface area (Å²) in [5.74, 6) is 0. The minimum Gasteiger partial charge on any atom is -0.376 e. The quantitative estimate of drug-likeness (QED) is 0.520. The van der Waals surface area contributed by atoms with Crippen LogP contribution in [-0.2, 0) is 28.5 Å². The van der Waals surface area contributed by atoms with Gasteiger partial charge in [-0.3, -0.25) is 4.79 Å². The SMILES string of the molecule is CO[C@@H]1O[C@H](/C(C)=C/C=O)[C@@H](OC)[C@H](OC)[C@H]1OC. The summed E-state index contributed by atoms with van der Waals surface area (Å²) in [6, 6.07) is 0. The van der Waals surface area contributed by atoms with Crippen molar-refractivity contribution < 1.29 is 28.5 Å². The Morgan fingerprint density at radius 1 is 0.947 bits per heavy atom. The Hall–Kier alpha value is -0.790. The molecule has 1 rings (SSSR count). The van der Waals surface area contributed by atoms with Crippen molar-refractivity contribution in [2.45, 2.75) is 37.6 Å². The van der Waals surface area contributed by atoms with Crippen LogP contribution in [0, 0.1) is 0 Å². The number of hydrogen-bond donors (Lipinski definition) is 0. The first-order valence-corrected chi connectivity index (χ1v) is 6.03. The molecule has 1 saturated heterocycles. The van der Waals surface area contributed by atoms with Gasteiger partial charge in [-0.15, -0.1) is 0 Å². The number of rotatable bonds is 6. The summed E-state index contributed by atoms with van der Waals surface area (Å²) in [7, 11) is 6.25. The van der Waals surface area contributed by atoms with Crippen LogP contribution >= 0.6 is 0 Å². The topological polar surface area (TPSA) is 63.2 Å². The highest BCUT2D eigenvalue weighted by molar-refractivity contribution is 5.66. The highest BCUT2D eigenvalue weighted by Crippen LogP contribution is 2.30. The molecule has 0 amide bonds. The van der Waals surface area contributed by atoms with Crippen molar-refractivity contribution in [1.82, 2.24) is 0 Å². The largest absolute Gasteiger partial charge is 0.376 e. The van der Waals surface area contributed by atoms with Crippen LogP contribution in [0.4, 0.5) is 0 Å². The molecule has 1 aliphatic rings. The van der Waals surface area contributed by atoms with Gasteiger partial charge in [0, 0.05) is 28.4 Å². The molecular weight excluding hydrogens is 252 g/mol. The van der Waals surface area contributed by atoms with Crippen molar-refractivity contribution in [1.29, 1.82) is 0 Å². The fraction of sp³-hybridized carbons (Fsp3) is 0.769. The van der Waals surface area contributed by atoms with Crippen molar-refractivity contribution >= 4 is 6.29 Å². The van der Waals surface area contributed by atoms with Crippen LogP contribution < -0.4 is 0 Å². The lowest BCUT2D eigenvalue weighted by atomic mass is 9.93. The van der Waals surface area contributed by atoms with Gasteiger partial charge in [0.1, 0.15) is 30.7 Å². The first-order chi connectivity index (χ1) is 9.14. The van der Waals surface area contributed by atoms with Gasteiger partial charge in [0.15, 0.2) is 6.29 Å². The molecule has 0 radical (unpaired) electrons. The van der Waals surface area contributed by atoms with Crippen LogP contribution in [0.5, 0.6) is 0 Å². The predicted molar refractivity (Wildman–Crippen MR) is 67.9 cm³/mol. The lowest BCUT2D eigenvalue weighted by Gasteiger charge is -2.44. The molecule has 6 nitrogen and oxygen atoms in total. The third kappa shape index (κ3) is 3.40. The van der Waals surface area contributed by atoms with Crippen molar-refractivity contribution in [3.63, 3.8) is 0 Å². The van der Waals surface area contributed by atoms with Gasteiger partial charge in [-0.05, 0) is 18.6 Å². The van der Waals surface area contributed by atoms with Crippen LogP contribution in [0.3, 0.4) is 0 Å². The van der Waals surface area contributed by atoms with E-state index >= 15 is 0 Å². The summed E-state index contributed by atoms with van der Waals surface area (Å²) >= 11 is 0. The van der Waals surface area contributed by atoms with Crippen LogP contribution in [0.2, 0.25) is 0 Å². The van der Waals surface area contributed by atoms with Crippen molar-refractivity contribution in [3.05, 3.63) is 11.6 Å². The minimum atomic E-state index is -0.582. The van der Waals surface area contributed by atoms with E-state index in [1.165, 1.54) is 13.2 Å². The molecule has 0 aromatic rings. The van der Waals surface area contributed by atoms with Gasteiger partial charge in [0.05, 0.1) is 0 Å². The molecule has 110 valence electrons. The number of methoxy groups -OCH3 is 4. The lowest BCUT2D eigenvalue weighted by Crippen LogP contribution is -2.60. The second-order valence-electron chi connectivity index (χ2n) is 4.31. The van der Waals surface area contributed by atoms with E-state index in [4.69, 9.17) is 23.7 Å². The molecule has 0 bridgehead atoms. The second kappa shape index (κ2) is 7.72. The molecule has 0 aromatic carbocycles. The van der Waals surface area contributed by atoms with Crippen LogP contribution in [0.1, 0.15) is 6.92 Å². The third-order valence-electron chi connectivity index (χ3n) is 3.32. The zero-order chi connectivity index (χ0) is 14.4. The fourth-order valence-electron chi connectivity index (χ4n) is 2.34. The second-order valence-corrected chi connectivity index (χ2v) is 4.31. The molecule has 0 saturated carbocycles. The highest BCUT2D eigenvalue weighted by atomic mass is 16.7. The summed E-state index contributed by atoms with van der Waals surface area (Å²) in [4.78, 5) is 10.6. The molecule has 0 N–H and O–H groups in total. The van der Waals surface area contributed by atoms with Crippen LogP contribution in [0.15, 0.2) is 11.6 Å². The molecule has 0 aromatic heterocycles. The van der Waals surface area contributed by atoms with Gasteiger partial charge in [0.2, 0.25) is 0 Å².